The van der Waals surface area contributed by atoms with Gasteiger partial charge in [0, 0.05) is 18.2 Å². The Labute approximate surface area is 113 Å². The van der Waals surface area contributed by atoms with Gasteiger partial charge >= 0.3 is 0 Å². The zero-order valence-electron chi connectivity index (χ0n) is 11.0. The maximum absolute atomic E-state index is 9.97. The highest BCUT2D eigenvalue weighted by Gasteiger charge is 2.27. The Kier molecular flexibility index (Phi) is 3.62. The van der Waals surface area contributed by atoms with Crippen LogP contribution in [0.25, 0.3) is 0 Å². The lowest BCUT2D eigenvalue weighted by Gasteiger charge is -2.28. The summed E-state index contributed by atoms with van der Waals surface area (Å²) in [5.74, 6) is 1.36. The Balaban J connectivity index is 1.60. The molecule has 4 heteroatoms. The first-order valence-corrected chi connectivity index (χ1v) is 7.11. The molecule has 0 spiro atoms. The van der Waals surface area contributed by atoms with E-state index in [1.54, 1.807) is 12.1 Å². The minimum Gasteiger partial charge on any atom is -0.508 e. The monoisotopic (exact) mass is 263 g/mol. The first kappa shape index (κ1) is 12.8. The van der Waals surface area contributed by atoms with Crippen molar-refractivity contribution in [2.75, 3.05) is 13.2 Å². The number of hydrogen-bond acceptors (Lipinski definition) is 4. The highest BCUT2D eigenvalue weighted by molar-refractivity contribution is 5.44. The minimum absolute atomic E-state index is 0.164. The highest BCUT2D eigenvalue weighted by atomic mass is 16.5. The molecule has 3 N–H and O–H groups in total. The van der Waals surface area contributed by atoms with Crippen molar-refractivity contribution in [3.63, 3.8) is 0 Å². The van der Waals surface area contributed by atoms with Crippen molar-refractivity contribution >= 4 is 0 Å². The smallest absolute Gasteiger partial charge is 0.127 e. The predicted octanol–water partition coefficient (Wildman–Crippen LogP) is 1.97. The Morgan fingerprint density at radius 2 is 2.11 bits per heavy atom. The topological polar surface area (TPSA) is 61.7 Å². The van der Waals surface area contributed by atoms with Crippen molar-refractivity contribution in [1.82, 2.24) is 5.32 Å². The summed E-state index contributed by atoms with van der Waals surface area (Å²) < 4.78 is 5.57. The van der Waals surface area contributed by atoms with Crippen molar-refractivity contribution in [2.24, 2.45) is 5.92 Å². The summed E-state index contributed by atoms with van der Waals surface area (Å²) in [5, 5.41) is 22.9. The van der Waals surface area contributed by atoms with E-state index in [1.165, 1.54) is 6.42 Å². The molecule has 0 saturated heterocycles. The van der Waals surface area contributed by atoms with Crippen LogP contribution in [0.15, 0.2) is 18.2 Å². The third-order valence-electron chi connectivity index (χ3n) is 4.27. The maximum Gasteiger partial charge on any atom is 0.127 e. The normalized spacial score (nSPS) is 29.8. The summed E-state index contributed by atoms with van der Waals surface area (Å²) in [6, 6.07) is 5.43. The number of phenols is 1. The summed E-state index contributed by atoms with van der Waals surface area (Å²) in [6.45, 7) is 1.43. The van der Waals surface area contributed by atoms with Gasteiger partial charge < -0.3 is 20.3 Å². The minimum atomic E-state index is -0.164. The molecule has 0 radical (unpaired) electrons. The van der Waals surface area contributed by atoms with Crippen LogP contribution in [-0.2, 0) is 0 Å². The average Bonchev–Trinajstić information content (AvgIpc) is 2.80. The number of phenolic OH excluding ortho intramolecular Hbond substituents is 1. The van der Waals surface area contributed by atoms with E-state index in [4.69, 9.17) is 4.74 Å². The number of hydrogen-bond donors (Lipinski definition) is 3. The molecule has 1 aromatic rings. The van der Waals surface area contributed by atoms with Gasteiger partial charge in [-0.25, -0.2) is 0 Å². The lowest BCUT2D eigenvalue weighted by molar-refractivity contribution is 0.0676. The van der Waals surface area contributed by atoms with E-state index in [1.807, 2.05) is 6.07 Å². The lowest BCUT2D eigenvalue weighted by Crippen LogP contribution is -2.36. The van der Waals surface area contributed by atoms with Crippen molar-refractivity contribution in [1.29, 1.82) is 0 Å². The standard InChI is InChI=1S/C15H21NO3/c17-11-5-6-12-13(9-19-15(12)7-11)16-8-10-3-1-2-4-14(10)18/h5-7,10,13-14,16-18H,1-4,8-9H2. The van der Waals surface area contributed by atoms with Crippen molar-refractivity contribution in [3.8, 4) is 11.5 Å². The van der Waals surface area contributed by atoms with Crippen LogP contribution in [0.5, 0.6) is 11.5 Å². The van der Waals surface area contributed by atoms with E-state index in [-0.39, 0.29) is 17.9 Å². The summed E-state index contributed by atoms with van der Waals surface area (Å²) in [4.78, 5) is 0. The molecule has 3 rings (SSSR count). The molecule has 1 aliphatic heterocycles. The van der Waals surface area contributed by atoms with Crippen molar-refractivity contribution in [2.45, 2.75) is 37.8 Å². The number of benzene rings is 1. The van der Waals surface area contributed by atoms with Gasteiger partial charge in [0.05, 0.1) is 12.1 Å². The molecule has 2 aliphatic rings. The molecular formula is C15H21NO3. The van der Waals surface area contributed by atoms with Crippen molar-refractivity contribution < 1.29 is 14.9 Å². The summed E-state index contributed by atoms with van der Waals surface area (Å²) in [6.07, 6.45) is 4.23. The van der Waals surface area contributed by atoms with Crippen LogP contribution in [0.4, 0.5) is 0 Å². The molecule has 1 fully saturated rings. The van der Waals surface area contributed by atoms with Gasteiger partial charge in [-0.05, 0) is 30.9 Å². The van der Waals surface area contributed by atoms with Gasteiger partial charge in [0.25, 0.3) is 0 Å². The SMILES string of the molecule is Oc1ccc2c(c1)OCC2NCC1CCCCC1O. The van der Waals surface area contributed by atoms with E-state index in [9.17, 15) is 10.2 Å². The number of aromatic hydroxyl groups is 1. The summed E-state index contributed by atoms with van der Waals surface area (Å²) in [7, 11) is 0. The number of fused-ring (bicyclic) bond motifs is 1. The molecule has 3 atom stereocenters. The average molecular weight is 263 g/mol. The number of rotatable bonds is 3. The van der Waals surface area contributed by atoms with Gasteiger partial charge in [-0.15, -0.1) is 0 Å². The molecule has 19 heavy (non-hydrogen) atoms. The van der Waals surface area contributed by atoms with Gasteiger partial charge in [0.2, 0.25) is 0 Å². The maximum atomic E-state index is 9.97. The number of aliphatic hydroxyl groups is 1. The second-order valence-corrected chi connectivity index (χ2v) is 5.61. The van der Waals surface area contributed by atoms with E-state index in [0.29, 0.717) is 12.5 Å². The predicted molar refractivity (Wildman–Crippen MR) is 72.3 cm³/mol. The van der Waals surface area contributed by atoms with Crippen LogP contribution >= 0.6 is 0 Å². The fraction of sp³-hybridized carbons (Fsp3) is 0.600. The van der Waals surface area contributed by atoms with E-state index >= 15 is 0 Å². The largest absolute Gasteiger partial charge is 0.508 e. The molecule has 0 amide bonds. The molecule has 4 nitrogen and oxygen atoms in total. The Bertz CT molecular complexity index is 449. The van der Waals surface area contributed by atoms with Crippen LogP contribution in [0.3, 0.4) is 0 Å². The first-order chi connectivity index (χ1) is 9.24. The molecule has 3 unspecified atom stereocenters. The fourth-order valence-corrected chi connectivity index (χ4v) is 3.09. The number of ether oxygens (including phenoxy) is 1. The molecule has 104 valence electrons. The van der Waals surface area contributed by atoms with Gasteiger partial charge in [-0.2, -0.15) is 0 Å². The van der Waals surface area contributed by atoms with E-state index < -0.39 is 0 Å². The number of aliphatic hydroxyl groups excluding tert-OH is 1. The van der Waals surface area contributed by atoms with Crippen LogP contribution in [-0.4, -0.2) is 29.5 Å². The van der Waals surface area contributed by atoms with Crippen molar-refractivity contribution in [3.05, 3.63) is 23.8 Å². The molecule has 0 aromatic heterocycles. The lowest BCUT2D eigenvalue weighted by atomic mass is 9.86. The zero-order chi connectivity index (χ0) is 13.2. The second-order valence-electron chi connectivity index (χ2n) is 5.61. The first-order valence-electron chi connectivity index (χ1n) is 7.11. The second kappa shape index (κ2) is 5.39. The summed E-state index contributed by atoms with van der Waals surface area (Å²) in [5.41, 5.74) is 1.10. The third-order valence-corrected chi connectivity index (χ3v) is 4.27. The van der Waals surface area contributed by atoms with Crippen LogP contribution in [0, 0.1) is 5.92 Å². The number of nitrogens with one attached hydrogen (secondary N) is 1. The van der Waals surface area contributed by atoms with Gasteiger partial charge in [-0.1, -0.05) is 12.8 Å². The molecular weight excluding hydrogens is 242 g/mol. The van der Waals surface area contributed by atoms with E-state index in [2.05, 4.69) is 5.32 Å². The van der Waals surface area contributed by atoms with Crippen LogP contribution < -0.4 is 10.1 Å². The molecule has 1 saturated carbocycles. The Morgan fingerprint density at radius 1 is 1.26 bits per heavy atom. The Morgan fingerprint density at radius 3 is 2.95 bits per heavy atom. The van der Waals surface area contributed by atoms with Gasteiger partial charge in [0.1, 0.15) is 18.1 Å². The highest BCUT2D eigenvalue weighted by Crippen LogP contribution is 2.35. The fourth-order valence-electron chi connectivity index (χ4n) is 3.09. The summed E-state index contributed by atoms with van der Waals surface area (Å²) >= 11 is 0. The molecule has 1 heterocycles. The quantitative estimate of drug-likeness (QED) is 0.780. The Hall–Kier alpha value is -1.26. The third kappa shape index (κ3) is 2.69. The van der Waals surface area contributed by atoms with E-state index in [0.717, 1.165) is 37.1 Å². The van der Waals surface area contributed by atoms with Gasteiger partial charge in [-0.3, -0.25) is 0 Å². The molecule has 1 aromatic carbocycles. The van der Waals surface area contributed by atoms with Gasteiger partial charge in [0.15, 0.2) is 0 Å². The van der Waals surface area contributed by atoms with Crippen LogP contribution in [0.2, 0.25) is 0 Å². The molecule has 1 aliphatic carbocycles. The van der Waals surface area contributed by atoms with Crippen LogP contribution in [0.1, 0.15) is 37.3 Å². The zero-order valence-corrected chi connectivity index (χ0v) is 11.0. The molecule has 0 bridgehead atoms.